The van der Waals surface area contributed by atoms with Crippen LogP contribution < -0.4 is 0 Å². The Labute approximate surface area is 138 Å². The van der Waals surface area contributed by atoms with Crippen LogP contribution in [0.15, 0.2) is 16.5 Å². The van der Waals surface area contributed by atoms with Crippen LogP contribution in [0.5, 0.6) is 0 Å². The van der Waals surface area contributed by atoms with Crippen LogP contribution >= 0.6 is 0 Å². The molecule has 7 heteroatoms. The summed E-state index contributed by atoms with van der Waals surface area (Å²) in [6.07, 6.45) is -3.25. The fourth-order valence-electron chi connectivity index (χ4n) is 3.68. The van der Waals surface area contributed by atoms with Crippen molar-refractivity contribution in [1.29, 1.82) is 0 Å². The minimum Gasteiger partial charge on any atom is -0.464 e. The largest absolute Gasteiger partial charge is 0.464 e. The Hall–Kier alpha value is -1.50. The molecule has 2 heterocycles. The zero-order valence-corrected chi connectivity index (χ0v) is 13.6. The second-order valence-electron chi connectivity index (χ2n) is 6.67. The summed E-state index contributed by atoms with van der Waals surface area (Å²) in [5, 5.41) is 0. The summed E-state index contributed by atoms with van der Waals surface area (Å²) in [6, 6.07) is 3.26. The van der Waals surface area contributed by atoms with Crippen molar-refractivity contribution in [2.24, 2.45) is 11.8 Å². The third kappa shape index (κ3) is 3.61. The SMILES string of the molecule is Cc1ccc([C@@H]2COCCN2C(=O)[C@@H]2CCC[C@H](C(F)(F)F)C2)o1. The molecule has 1 aliphatic carbocycles. The van der Waals surface area contributed by atoms with Crippen LogP contribution in [-0.4, -0.2) is 36.7 Å². The maximum atomic E-state index is 13.0. The van der Waals surface area contributed by atoms with Crippen LogP contribution in [0.25, 0.3) is 0 Å². The Morgan fingerprint density at radius 3 is 2.75 bits per heavy atom. The molecule has 1 saturated heterocycles. The average Bonchev–Trinajstić information content (AvgIpc) is 3.00. The lowest BCUT2D eigenvalue weighted by Gasteiger charge is -2.38. The van der Waals surface area contributed by atoms with Crippen molar-refractivity contribution in [3.05, 3.63) is 23.7 Å². The zero-order chi connectivity index (χ0) is 17.3. The monoisotopic (exact) mass is 345 g/mol. The highest BCUT2D eigenvalue weighted by Gasteiger charge is 2.45. The summed E-state index contributed by atoms with van der Waals surface area (Å²) in [6.45, 7) is 2.91. The molecule has 1 aliphatic heterocycles. The van der Waals surface area contributed by atoms with Crippen molar-refractivity contribution < 1.29 is 27.1 Å². The predicted octanol–water partition coefficient (Wildman–Crippen LogP) is 3.86. The molecule has 0 radical (unpaired) electrons. The van der Waals surface area contributed by atoms with Crippen LogP contribution in [-0.2, 0) is 9.53 Å². The number of nitrogens with zero attached hydrogens (tertiary/aromatic N) is 1. The minimum atomic E-state index is -4.22. The first-order chi connectivity index (χ1) is 11.4. The lowest BCUT2D eigenvalue weighted by atomic mass is 9.80. The topological polar surface area (TPSA) is 42.7 Å². The van der Waals surface area contributed by atoms with Gasteiger partial charge in [0.15, 0.2) is 0 Å². The van der Waals surface area contributed by atoms with Gasteiger partial charge < -0.3 is 14.1 Å². The number of furan rings is 1. The number of aryl methyl sites for hydroxylation is 1. The maximum Gasteiger partial charge on any atom is 0.391 e. The summed E-state index contributed by atoms with van der Waals surface area (Å²) < 4.78 is 50.1. The highest BCUT2D eigenvalue weighted by atomic mass is 19.4. The van der Waals surface area contributed by atoms with Gasteiger partial charge in [0.1, 0.15) is 17.6 Å². The quantitative estimate of drug-likeness (QED) is 0.817. The molecular formula is C17H22F3NO3. The van der Waals surface area contributed by atoms with E-state index in [1.807, 2.05) is 13.0 Å². The lowest BCUT2D eigenvalue weighted by Crippen LogP contribution is -2.47. The molecule has 0 spiro atoms. The van der Waals surface area contributed by atoms with Crippen LogP contribution in [0.4, 0.5) is 13.2 Å². The number of hydrogen-bond donors (Lipinski definition) is 0. The molecule has 2 aliphatic rings. The molecule has 0 bridgehead atoms. The number of rotatable bonds is 2. The van der Waals surface area contributed by atoms with E-state index in [4.69, 9.17) is 9.15 Å². The Bertz CT molecular complexity index is 584. The van der Waals surface area contributed by atoms with Gasteiger partial charge in [-0.2, -0.15) is 13.2 Å². The molecule has 3 rings (SSSR count). The number of carbonyl (C=O) groups excluding carboxylic acids is 1. The third-order valence-corrected chi connectivity index (χ3v) is 4.99. The van der Waals surface area contributed by atoms with Crippen molar-refractivity contribution in [3.8, 4) is 0 Å². The van der Waals surface area contributed by atoms with Crippen molar-refractivity contribution >= 4 is 5.91 Å². The number of ether oxygens (including phenoxy) is 1. The van der Waals surface area contributed by atoms with Crippen LogP contribution in [0.3, 0.4) is 0 Å². The molecule has 1 amide bonds. The summed E-state index contributed by atoms with van der Waals surface area (Å²) in [5.74, 6) is -0.777. The molecule has 1 aromatic heterocycles. The minimum absolute atomic E-state index is 0.108. The van der Waals surface area contributed by atoms with Crippen LogP contribution in [0, 0.1) is 18.8 Å². The first-order valence-corrected chi connectivity index (χ1v) is 8.37. The van der Waals surface area contributed by atoms with Crippen LogP contribution in [0.2, 0.25) is 0 Å². The van der Waals surface area contributed by atoms with Crippen molar-refractivity contribution in [3.63, 3.8) is 0 Å². The Balaban J connectivity index is 1.74. The normalized spacial score (nSPS) is 28.8. The number of hydrogen-bond acceptors (Lipinski definition) is 3. The zero-order valence-electron chi connectivity index (χ0n) is 13.6. The van der Waals surface area contributed by atoms with Gasteiger partial charge in [-0.15, -0.1) is 0 Å². The Morgan fingerprint density at radius 1 is 1.29 bits per heavy atom. The lowest BCUT2D eigenvalue weighted by molar-refractivity contribution is -0.188. The van der Waals surface area contributed by atoms with Gasteiger partial charge in [0.25, 0.3) is 0 Å². The van der Waals surface area contributed by atoms with Crippen molar-refractivity contribution in [2.75, 3.05) is 19.8 Å². The Morgan fingerprint density at radius 2 is 2.08 bits per heavy atom. The molecule has 134 valence electrons. The van der Waals surface area contributed by atoms with Gasteiger partial charge in [-0.3, -0.25) is 4.79 Å². The number of morpholine rings is 1. The molecular weight excluding hydrogens is 323 g/mol. The van der Waals surface area contributed by atoms with E-state index in [-0.39, 0.29) is 24.8 Å². The fourth-order valence-corrected chi connectivity index (χ4v) is 3.68. The van der Waals surface area contributed by atoms with E-state index in [0.717, 1.165) is 5.76 Å². The van der Waals surface area contributed by atoms with Gasteiger partial charge in [-0.1, -0.05) is 6.42 Å². The van der Waals surface area contributed by atoms with E-state index in [1.54, 1.807) is 11.0 Å². The van der Waals surface area contributed by atoms with Gasteiger partial charge in [-0.05, 0) is 38.3 Å². The van der Waals surface area contributed by atoms with E-state index >= 15 is 0 Å². The maximum absolute atomic E-state index is 13.0. The van der Waals surface area contributed by atoms with Crippen molar-refractivity contribution in [1.82, 2.24) is 4.90 Å². The van der Waals surface area contributed by atoms with Crippen molar-refractivity contribution in [2.45, 2.75) is 44.8 Å². The van der Waals surface area contributed by atoms with E-state index in [1.165, 1.54) is 0 Å². The highest BCUT2D eigenvalue weighted by Crippen LogP contribution is 2.41. The first-order valence-electron chi connectivity index (χ1n) is 8.37. The summed E-state index contributed by atoms with van der Waals surface area (Å²) in [4.78, 5) is 14.5. The van der Waals surface area contributed by atoms with Crippen LogP contribution in [0.1, 0.15) is 43.2 Å². The predicted molar refractivity (Wildman–Crippen MR) is 80.2 cm³/mol. The third-order valence-electron chi connectivity index (χ3n) is 4.99. The number of halogens is 3. The highest BCUT2D eigenvalue weighted by molar-refractivity contribution is 5.79. The van der Waals surface area contributed by atoms with Gasteiger partial charge in [0, 0.05) is 12.5 Å². The van der Waals surface area contributed by atoms with E-state index < -0.39 is 18.0 Å². The summed E-state index contributed by atoms with van der Waals surface area (Å²) in [5.41, 5.74) is 0. The molecule has 3 atom stereocenters. The van der Waals surface area contributed by atoms with Gasteiger partial charge in [0.05, 0.1) is 19.1 Å². The van der Waals surface area contributed by atoms with E-state index in [0.29, 0.717) is 38.4 Å². The number of alkyl halides is 3. The number of carbonyl (C=O) groups is 1. The molecule has 24 heavy (non-hydrogen) atoms. The average molecular weight is 345 g/mol. The first kappa shape index (κ1) is 17.3. The fraction of sp³-hybridized carbons (Fsp3) is 0.706. The van der Waals surface area contributed by atoms with E-state index in [9.17, 15) is 18.0 Å². The second kappa shape index (κ2) is 6.78. The second-order valence-corrected chi connectivity index (χ2v) is 6.67. The molecule has 0 aromatic carbocycles. The molecule has 2 fully saturated rings. The van der Waals surface area contributed by atoms with E-state index in [2.05, 4.69) is 0 Å². The molecule has 0 unspecified atom stereocenters. The van der Waals surface area contributed by atoms with Gasteiger partial charge in [-0.25, -0.2) is 0 Å². The standard InChI is InChI=1S/C17H22F3NO3/c1-11-5-6-15(24-11)14-10-23-8-7-21(14)16(22)12-3-2-4-13(9-12)17(18,19)20/h5-6,12-14H,2-4,7-10H2,1H3/t12-,13+,14+/m1/s1. The summed E-state index contributed by atoms with van der Waals surface area (Å²) >= 11 is 0. The van der Waals surface area contributed by atoms with Gasteiger partial charge in [0.2, 0.25) is 5.91 Å². The smallest absolute Gasteiger partial charge is 0.391 e. The molecule has 1 saturated carbocycles. The molecule has 4 nitrogen and oxygen atoms in total. The molecule has 1 aromatic rings. The van der Waals surface area contributed by atoms with Gasteiger partial charge >= 0.3 is 6.18 Å². The summed E-state index contributed by atoms with van der Waals surface area (Å²) in [7, 11) is 0. The molecule has 0 N–H and O–H groups in total. The Kier molecular flexibility index (Phi) is 4.90. The number of amides is 1.